The van der Waals surface area contributed by atoms with E-state index >= 15 is 0 Å². The molecule has 16 aromatic rings. The zero-order valence-electron chi connectivity index (χ0n) is 63.0. The molecule has 0 spiro atoms. The van der Waals surface area contributed by atoms with Gasteiger partial charge < -0.3 is 14.7 Å². The largest absolute Gasteiger partial charge is 0.310 e. The van der Waals surface area contributed by atoms with Gasteiger partial charge in [0, 0.05) is 51.2 Å². The Kier molecular flexibility index (Phi) is 19.4. The quantitative estimate of drug-likeness (QED) is 0.0626. The first kappa shape index (κ1) is 69.3. The summed E-state index contributed by atoms with van der Waals surface area (Å²) in [5, 5.41) is 6.96. The first-order valence-electron chi connectivity index (χ1n) is 37.6. The molecular weight excluding hydrogens is 1300 g/mol. The van der Waals surface area contributed by atoms with Crippen molar-refractivity contribution in [2.45, 2.75) is 62.3 Å². The minimum atomic E-state index is 1.06. The van der Waals surface area contributed by atoms with Crippen LogP contribution in [0.25, 0.3) is 67.3 Å². The van der Waals surface area contributed by atoms with Crippen LogP contribution in [0.1, 0.15) is 100 Å². The van der Waals surface area contributed by atoms with Crippen molar-refractivity contribution < 1.29 is 0 Å². The molecule has 16 rings (SSSR count). The summed E-state index contributed by atoms with van der Waals surface area (Å²) in [6.07, 6.45) is 6.99. The molecule has 0 N–H and O–H groups in total. The van der Waals surface area contributed by atoms with Crippen molar-refractivity contribution in [2.24, 2.45) is 0 Å². The second kappa shape index (κ2) is 30.2. The molecule has 0 saturated heterocycles. The van der Waals surface area contributed by atoms with Crippen molar-refractivity contribution in [3.05, 3.63) is 446 Å². The molecule has 0 atom stereocenters. The van der Waals surface area contributed by atoms with E-state index in [1.807, 2.05) is 0 Å². The van der Waals surface area contributed by atoms with Crippen LogP contribution in [0.3, 0.4) is 0 Å². The van der Waals surface area contributed by atoms with Crippen LogP contribution in [0.15, 0.2) is 346 Å². The van der Waals surface area contributed by atoms with Crippen LogP contribution >= 0.6 is 0 Å². The summed E-state index contributed by atoms with van der Waals surface area (Å²) in [4.78, 5) is 7.25. The summed E-state index contributed by atoms with van der Waals surface area (Å²) in [5.74, 6) is 0. The van der Waals surface area contributed by atoms with Gasteiger partial charge in [-0.05, 0) is 289 Å². The minimum Gasteiger partial charge on any atom is -0.310 e. The fraction of sp³-hybridized carbons (Fsp3) is 0.0857. The Balaban J connectivity index is 0.868. The summed E-state index contributed by atoms with van der Waals surface area (Å²) in [6.45, 7) is 19.4. The number of aryl methyl sites for hydroxylation is 9. The van der Waals surface area contributed by atoms with Gasteiger partial charge in [0.05, 0.1) is 0 Å². The molecule has 108 heavy (non-hydrogen) atoms. The fourth-order valence-corrected chi connectivity index (χ4v) is 14.9. The molecule has 0 aromatic heterocycles. The Morgan fingerprint density at radius 1 is 0.157 bits per heavy atom. The molecule has 3 nitrogen and oxygen atoms in total. The third-order valence-electron chi connectivity index (χ3n) is 21.1. The zero-order valence-corrected chi connectivity index (χ0v) is 63.0. The number of rotatable bonds is 18. The molecule has 0 aliphatic rings. The van der Waals surface area contributed by atoms with E-state index in [0.717, 1.165) is 84.0 Å². The van der Waals surface area contributed by atoms with E-state index in [4.69, 9.17) is 0 Å². The highest BCUT2D eigenvalue weighted by Crippen LogP contribution is 2.47. The number of nitrogens with zero attached hydrogens (tertiary/aromatic N) is 3. The second-order valence-corrected chi connectivity index (χ2v) is 29.3. The third kappa shape index (κ3) is 14.9. The molecule has 0 fully saturated rings. The number of hydrogen-bond donors (Lipinski definition) is 0. The third-order valence-corrected chi connectivity index (χ3v) is 21.1. The van der Waals surface area contributed by atoms with Gasteiger partial charge in [-0.25, -0.2) is 0 Å². The lowest BCUT2D eigenvalue weighted by molar-refractivity contribution is 1.28. The molecule has 0 heterocycles. The van der Waals surface area contributed by atoms with Gasteiger partial charge in [0.2, 0.25) is 0 Å². The first-order valence-corrected chi connectivity index (χ1v) is 37.6. The van der Waals surface area contributed by atoms with Gasteiger partial charge in [-0.1, -0.05) is 287 Å². The number of hydrogen-bond acceptors (Lipinski definition) is 3. The van der Waals surface area contributed by atoms with E-state index in [-0.39, 0.29) is 0 Å². The molecule has 16 aromatic carbocycles. The maximum Gasteiger partial charge on any atom is 0.0468 e. The van der Waals surface area contributed by atoms with Gasteiger partial charge >= 0.3 is 0 Å². The summed E-state index contributed by atoms with van der Waals surface area (Å²) >= 11 is 0. The summed E-state index contributed by atoms with van der Waals surface area (Å²) in [5.41, 5.74) is 34.7. The molecule has 0 radical (unpaired) electrons. The Labute approximate surface area is 637 Å². The van der Waals surface area contributed by atoms with Gasteiger partial charge in [-0.2, -0.15) is 0 Å². The van der Waals surface area contributed by atoms with Crippen LogP contribution < -0.4 is 14.7 Å². The molecule has 0 aliphatic carbocycles. The lowest BCUT2D eigenvalue weighted by atomic mass is 9.92. The predicted molar refractivity (Wildman–Crippen MR) is 465 cm³/mol. The van der Waals surface area contributed by atoms with Crippen molar-refractivity contribution in [3.63, 3.8) is 0 Å². The number of fused-ring (bicyclic) bond motifs is 6. The van der Waals surface area contributed by atoms with Gasteiger partial charge in [-0.15, -0.1) is 0 Å². The highest BCUT2D eigenvalue weighted by atomic mass is 15.2. The highest BCUT2D eigenvalue weighted by molar-refractivity contribution is 6.27. The average Bonchev–Trinajstić information content (AvgIpc) is 0.727. The summed E-state index contributed by atoms with van der Waals surface area (Å²) in [6, 6.07) is 129. The number of benzene rings is 16. The summed E-state index contributed by atoms with van der Waals surface area (Å²) < 4.78 is 0. The Morgan fingerprint density at radius 2 is 0.306 bits per heavy atom. The number of anilines is 9. The highest BCUT2D eigenvalue weighted by Gasteiger charge is 2.22. The molecule has 522 valence electrons. The van der Waals surface area contributed by atoms with Crippen LogP contribution in [-0.4, -0.2) is 0 Å². The Bertz CT molecular complexity index is 5240. The van der Waals surface area contributed by atoms with Crippen molar-refractivity contribution in [1.29, 1.82) is 0 Å². The van der Waals surface area contributed by atoms with Crippen LogP contribution in [0, 0.1) is 62.3 Å². The van der Waals surface area contributed by atoms with Crippen molar-refractivity contribution in [3.8, 4) is 0 Å². The van der Waals surface area contributed by atoms with Gasteiger partial charge in [0.25, 0.3) is 0 Å². The molecule has 0 amide bonds. The van der Waals surface area contributed by atoms with E-state index in [9.17, 15) is 0 Å². The Morgan fingerprint density at radius 3 is 0.481 bits per heavy atom. The standard InChI is InChI=1S/C105H87N3/c1-70-10-34-82(35-11-70)100(83-36-12-71(2)13-37-83)64-79-28-52-91(53-29-79)106(88-46-22-76(7)23-47-88)94-58-61-97-103(67-94)98-62-59-95(107(89-48-24-77(8)25-49-89)92-54-30-80(31-55-92)65-101(84-38-14-72(3)15-39-84)85-40-16-73(4)17-41-85)69-105(98)99-63-60-96(68-104(97)99)108(90-50-26-78(9)27-51-90)93-56-32-81(33-57-93)66-102(86-42-18-74(5)19-43-86)87-44-20-75(6)21-45-87/h10-69H,1-9H3. The fourth-order valence-electron chi connectivity index (χ4n) is 14.9. The average molecular weight is 1390 g/mol. The van der Waals surface area contributed by atoms with Crippen LogP contribution in [0.2, 0.25) is 0 Å². The lowest BCUT2D eigenvalue weighted by Gasteiger charge is -2.28. The Hall–Kier alpha value is -13.1. The summed E-state index contributed by atoms with van der Waals surface area (Å²) in [7, 11) is 0. The normalized spacial score (nSPS) is 11.2. The van der Waals surface area contributed by atoms with E-state index in [2.05, 4.69) is 441 Å². The van der Waals surface area contributed by atoms with Crippen molar-refractivity contribution in [1.82, 2.24) is 0 Å². The van der Waals surface area contributed by atoms with Gasteiger partial charge in [0.15, 0.2) is 0 Å². The van der Waals surface area contributed by atoms with E-state index < -0.39 is 0 Å². The smallest absolute Gasteiger partial charge is 0.0468 e. The SMILES string of the molecule is Cc1ccc(C(=Cc2ccc(N(c3ccc(C)cc3)c3ccc4c(c3)c3ccc(N(c5ccc(C)cc5)c5ccc(C=C(c6ccc(C)cc6)c6ccc(C)cc6)cc5)cc3c3ccc(N(c5ccc(C)cc5)c5ccc(C=C(c6ccc(C)cc6)c6ccc(C)cc6)cc5)cc43)cc2)c2ccc(C)cc2)cc1. The van der Waals surface area contributed by atoms with Gasteiger partial charge in [-0.3, -0.25) is 0 Å². The van der Waals surface area contributed by atoms with Crippen LogP contribution in [0.4, 0.5) is 51.2 Å². The molecule has 3 heteroatoms. The zero-order chi connectivity index (χ0) is 73.9. The van der Waals surface area contributed by atoms with Crippen molar-refractivity contribution in [2.75, 3.05) is 14.7 Å². The van der Waals surface area contributed by atoms with Gasteiger partial charge in [0.1, 0.15) is 0 Å². The molecule has 0 unspecified atom stereocenters. The lowest BCUT2D eigenvalue weighted by Crippen LogP contribution is -2.11. The molecule has 0 aliphatic heterocycles. The molecule has 0 bridgehead atoms. The van der Waals surface area contributed by atoms with Crippen LogP contribution in [0.5, 0.6) is 0 Å². The van der Waals surface area contributed by atoms with E-state index in [1.165, 1.54) is 116 Å². The van der Waals surface area contributed by atoms with Crippen LogP contribution in [-0.2, 0) is 0 Å². The van der Waals surface area contributed by atoms with E-state index in [0.29, 0.717) is 0 Å². The maximum atomic E-state index is 2.43. The topological polar surface area (TPSA) is 9.72 Å². The van der Waals surface area contributed by atoms with E-state index in [1.54, 1.807) is 0 Å². The van der Waals surface area contributed by atoms with Crippen molar-refractivity contribution >= 4 is 118 Å². The molecule has 0 saturated carbocycles. The molecular formula is C105H87N3. The first-order chi connectivity index (χ1) is 52.6. The maximum absolute atomic E-state index is 2.43. The minimum absolute atomic E-state index is 1.06. The predicted octanol–water partition coefficient (Wildman–Crippen LogP) is 29.1. The monoisotopic (exact) mass is 1390 g/mol. The second-order valence-electron chi connectivity index (χ2n) is 29.3.